The molecule has 1 aromatic carbocycles. The Hall–Kier alpha value is -1.35. The molecule has 1 amide bonds. The molecule has 1 atom stereocenters. The zero-order chi connectivity index (χ0) is 13.7. The third-order valence-corrected chi connectivity index (χ3v) is 3.83. The summed E-state index contributed by atoms with van der Waals surface area (Å²) in [5, 5.41) is 6.47. The predicted molar refractivity (Wildman–Crippen MR) is 78.3 cm³/mol. The van der Waals surface area contributed by atoms with E-state index in [2.05, 4.69) is 42.7 Å². The summed E-state index contributed by atoms with van der Waals surface area (Å²) in [5.74, 6) is 0.131. The minimum atomic E-state index is 0.131. The van der Waals surface area contributed by atoms with Gasteiger partial charge in [-0.2, -0.15) is 0 Å². The van der Waals surface area contributed by atoms with Crippen molar-refractivity contribution < 1.29 is 4.79 Å². The Morgan fingerprint density at radius 2 is 2.26 bits per heavy atom. The summed E-state index contributed by atoms with van der Waals surface area (Å²) < 4.78 is 0. The molecule has 1 heterocycles. The molecule has 2 rings (SSSR count). The van der Waals surface area contributed by atoms with Crippen molar-refractivity contribution in [2.75, 3.05) is 13.1 Å². The van der Waals surface area contributed by atoms with Crippen LogP contribution in [0, 0.1) is 13.8 Å². The lowest BCUT2D eigenvalue weighted by Crippen LogP contribution is -2.31. The van der Waals surface area contributed by atoms with Crippen LogP contribution in [0.4, 0.5) is 0 Å². The number of aryl methyl sites for hydroxylation is 2. The maximum Gasteiger partial charge on any atom is 0.224 e. The number of amides is 1. The molecule has 19 heavy (non-hydrogen) atoms. The first-order chi connectivity index (χ1) is 9.15. The monoisotopic (exact) mass is 260 g/mol. The maximum atomic E-state index is 11.9. The van der Waals surface area contributed by atoms with Gasteiger partial charge in [0, 0.05) is 12.6 Å². The molecular formula is C16H24N2O. The smallest absolute Gasteiger partial charge is 0.224 e. The van der Waals surface area contributed by atoms with Gasteiger partial charge in [0.1, 0.15) is 0 Å². The zero-order valence-corrected chi connectivity index (χ0v) is 12.0. The van der Waals surface area contributed by atoms with E-state index in [9.17, 15) is 4.79 Å². The van der Waals surface area contributed by atoms with Crippen molar-refractivity contribution in [2.45, 2.75) is 45.6 Å². The van der Waals surface area contributed by atoms with Crippen LogP contribution in [0.5, 0.6) is 0 Å². The van der Waals surface area contributed by atoms with Gasteiger partial charge in [0.2, 0.25) is 5.91 Å². The van der Waals surface area contributed by atoms with Crippen molar-refractivity contribution in [3.8, 4) is 0 Å². The van der Waals surface area contributed by atoms with Crippen LogP contribution >= 0.6 is 0 Å². The molecular weight excluding hydrogens is 236 g/mol. The fraction of sp³-hybridized carbons (Fsp3) is 0.562. The van der Waals surface area contributed by atoms with Gasteiger partial charge in [-0.25, -0.2) is 0 Å². The molecule has 1 fully saturated rings. The molecule has 0 aliphatic carbocycles. The second-order valence-corrected chi connectivity index (χ2v) is 5.54. The van der Waals surface area contributed by atoms with Crippen molar-refractivity contribution >= 4 is 5.91 Å². The Morgan fingerprint density at radius 1 is 1.42 bits per heavy atom. The molecule has 3 heteroatoms. The average molecular weight is 260 g/mol. The SMILES string of the molecule is Cc1ccc(C)c(CC(=O)NCC[C@H]2CCCN2)c1. The fourth-order valence-electron chi connectivity index (χ4n) is 2.62. The third kappa shape index (κ3) is 4.35. The summed E-state index contributed by atoms with van der Waals surface area (Å²) in [6, 6.07) is 6.87. The van der Waals surface area contributed by atoms with Crippen molar-refractivity contribution in [1.82, 2.24) is 10.6 Å². The quantitative estimate of drug-likeness (QED) is 0.851. The first-order valence-electron chi connectivity index (χ1n) is 7.21. The van der Waals surface area contributed by atoms with Gasteiger partial charge in [-0.05, 0) is 50.8 Å². The molecule has 0 bridgehead atoms. The lowest BCUT2D eigenvalue weighted by Gasteiger charge is -2.11. The van der Waals surface area contributed by atoms with Crippen LogP contribution in [-0.4, -0.2) is 25.0 Å². The van der Waals surface area contributed by atoms with Crippen molar-refractivity contribution in [3.63, 3.8) is 0 Å². The van der Waals surface area contributed by atoms with Crippen LogP contribution < -0.4 is 10.6 Å². The van der Waals surface area contributed by atoms with Gasteiger partial charge in [0.25, 0.3) is 0 Å². The molecule has 0 spiro atoms. The van der Waals surface area contributed by atoms with E-state index in [1.807, 2.05) is 0 Å². The van der Waals surface area contributed by atoms with E-state index >= 15 is 0 Å². The molecule has 1 aromatic rings. The first-order valence-corrected chi connectivity index (χ1v) is 7.21. The van der Waals surface area contributed by atoms with E-state index < -0.39 is 0 Å². The second-order valence-electron chi connectivity index (χ2n) is 5.54. The minimum Gasteiger partial charge on any atom is -0.356 e. The molecule has 0 aromatic heterocycles. The fourth-order valence-corrected chi connectivity index (χ4v) is 2.62. The van der Waals surface area contributed by atoms with Crippen LogP contribution in [0.2, 0.25) is 0 Å². The highest BCUT2D eigenvalue weighted by Crippen LogP contribution is 2.11. The van der Waals surface area contributed by atoms with E-state index in [-0.39, 0.29) is 5.91 Å². The van der Waals surface area contributed by atoms with Gasteiger partial charge in [-0.3, -0.25) is 4.79 Å². The predicted octanol–water partition coefficient (Wildman–Crippen LogP) is 2.10. The zero-order valence-electron chi connectivity index (χ0n) is 12.0. The van der Waals surface area contributed by atoms with E-state index in [0.29, 0.717) is 12.5 Å². The van der Waals surface area contributed by atoms with Gasteiger partial charge in [-0.15, -0.1) is 0 Å². The van der Waals surface area contributed by atoms with Crippen LogP contribution in [0.25, 0.3) is 0 Å². The van der Waals surface area contributed by atoms with Crippen LogP contribution in [0.3, 0.4) is 0 Å². The van der Waals surface area contributed by atoms with Crippen molar-refractivity contribution in [3.05, 3.63) is 34.9 Å². The largest absolute Gasteiger partial charge is 0.356 e. The second kappa shape index (κ2) is 6.71. The van der Waals surface area contributed by atoms with Gasteiger partial charge >= 0.3 is 0 Å². The van der Waals surface area contributed by atoms with Crippen LogP contribution in [-0.2, 0) is 11.2 Å². The molecule has 0 saturated carbocycles. The number of rotatable bonds is 5. The molecule has 1 aliphatic rings. The van der Waals surface area contributed by atoms with E-state index in [1.165, 1.54) is 24.0 Å². The number of hydrogen-bond donors (Lipinski definition) is 2. The molecule has 1 saturated heterocycles. The standard InChI is InChI=1S/C16H24N2O/c1-12-5-6-13(2)14(10-12)11-16(19)18-9-7-15-4-3-8-17-15/h5-6,10,15,17H,3-4,7-9,11H2,1-2H3,(H,18,19)/t15-/m1/s1. The summed E-state index contributed by atoms with van der Waals surface area (Å²) in [6.07, 6.45) is 4.04. The van der Waals surface area contributed by atoms with E-state index in [4.69, 9.17) is 0 Å². The third-order valence-electron chi connectivity index (χ3n) is 3.83. The van der Waals surface area contributed by atoms with Gasteiger partial charge in [-0.1, -0.05) is 23.8 Å². The number of hydrogen-bond acceptors (Lipinski definition) is 2. The van der Waals surface area contributed by atoms with Gasteiger partial charge in [0.15, 0.2) is 0 Å². The van der Waals surface area contributed by atoms with Crippen molar-refractivity contribution in [2.24, 2.45) is 0 Å². The highest BCUT2D eigenvalue weighted by atomic mass is 16.1. The number of carbonyl (C=O) groups excluding carboxylic acids is 1. The average Bonchev–Trinajstić information content (AvgIpc) is 2.87. The van der Waals surface area contributed by atoms with Crippen LogP contribution in [0.15, 0.2) is 18.2 Å². The highest BCUT2D eigenvalue weighted by molar-refractivity contribution is 5.78. The lowest BCUT2D eigenvalue weighted by molar-refractivity contribution is -0.120. The molecule has 0 radical (unpaired) electrons. The van der Waals surface area contributed by atoms with Gasteiger partial charge in [0.05, 0.1) is 6.42 Å². The molecule has 2 N–H and O–H groups in total. The molecule has 0 unspecified atom stereocenters. The number of nitrogens with one attached hydrogen (secondary N) is 2. The molecule has 1 aliphatic heterocycles. The molecule has 104 valence electrons. The maximum absolute atomic E-state index is 11.9. The summed E-state index contributed by atoms with van der Waals surface area (Å²) in [4.78, 5) is 11.9. The summed E-state index contributed by atoms with van der Waals surface area (Å²) in [5.41, 5.74) is 3.54. The highest BCUT2D eigenvalue weighted by Gasteiger charge is 2.13. The summed E-state index contributed by atoms with van der Waals surface area (Å²) in [7, 11) is 0. The van der Waals surface area contributed by atoms with E-state index in [0.717, 1.165) is 25.1 Å². The lowest BCUT2D eigenvalue weighted by atomic mass is 10.0. The topological polar surface area (TPSA) is 41.1 Å². The first kappa shape index (κ1) is 14.1. The van der Waals surface area contributed by atoms with Gasteiger partial charge < -0.3 is 10.6 Å². The normalized spacial score (nSPS) is 18.5. The number of benzene rings is 1. The Labute approximate surface area is 115 Å². The van der Waals surface area contributed by atoms with E-state index in [1.54, 1.807) is 0 Å². The van der Waals surface area contributed by atoms with Crippen LogP contribution in [0.1, 0.15) is 36.0 Å². The summed E-state index contributed by atoms with van der Waals surface area (Å²) in [6.45, 7) is 6.03. The number of carbonyl (C=O) groups is 1. The minimum absolute atomic E-state index is 0.131. The Kier molecular flexibility index (Phi) is 4.97. The molecule has 3 nitrogen and oxygen atoms in total. The Balaban J connectivity index is 1.75. The van der Waals surface area contributed by atoms with Crippen molar-refractivity contribution in [1.29, 1.82) is 0 Å². The summed E-state index contributed by atoms with van der Waals surface area (Å²) >= 11 is 0. The Bertz CT molecular complexity index is 436. The Morgan fingerprint density at radius 3 is 3.00 bits per heavy atom.